The van der Waals surface area contributed by atoms with Gasteiger partial charge >= 0.3 is 0 Å². The van der Waals surface area contributed by atoms with E-state index in [9.17, 15) is 21.6 Å². The molecule has 0 aliphatic heterocycles. The normalized spacial score (nSPS) is 11.8. The van der Waals surface area contributed by atoms with E-state index in [0.717, 1.165) is 15.9 Å². The molecular formula is C21H18F3NO2S. The SMILES string of the molecule is Cc1ccc(S(=O)(=O)N(Cc2ccc(F)cc2)Cc2cccc(F)c2F)cc1. The van der Waals surface area contributed by atoms with Crippen LogP contribution in [0.2, 0.25) is 0 Å². The zero-order valence-corrected chi connectivity index (χ0v) is 15.9. The number of nitrogens with zero attached hydrogens (tertiary/aromatic N) is 1. The van der Waals surface area contributed by atoms with Gasteiger partial charge in [0.1, 0.15) is 5.82 Å². The molecule has 28 heavy (non-hydrogen) atoms. The van der Waals surface area contributed by atoms with Crippen LogP contribution in [0.3, 0.4) is 0 Å². The van der Waals surface area contributed by atoms with Crippen LogP contribution in [0.4, 0.5) is 13.2 Å². The highest BCUT2D eigenvalue weighted by molar-refractivity contribution is 7.89. The van der Waals surface area contributed by atoms with Crippen LogP contribution < -0.4 is 0 Å². The molecule has 0 unspecified atom stereocenters. The Morgan fingerprint density at radius 1 is 0.821 bits per heavy atom. The van der Waals surface area contributed by atoms with Gasteiger partial charge in [0.25, 0.3) is 0 Å². The maximum atomic E-state index is 14.2. The number of sulfonamides is 1. The van der Waals surface area contributed by atoms with Crippen LogP contribution in [0, 0.1) is 24.4 Å². The van der Waals surface area contributed by atoms with E-state index in [4.69, 9.17) is 0 Å². The summed E-state index contributed by atoms with van der Waals surface area (Å²) in [5.41, 5.74) is 1.33. The molecule has 0 heterocycles. The average molecular weight is 405 g/mol. The summed E-state index contributed by atoms with van der Waals surface area (Å²) in [6, 6.07) is 15.2. The van der Waals surface area contributed by atoms with Crippen LogP contribution in [0.15, 0.2) is 71.6 Å². The van der Waals surface area contributed by atoms with E-state index in [0.29, 0.717) is 5.56 Å². The molecule has 0 aromatic heterocycles. The number of halogens is 3. The number of rotatable bonds is 6. The van der Waals surface area contributed by atoms with Crippen molar-refractivity contribution in [1.82, 2.24) is 4.31 Å². The summed E-state index contributed by atoms with van der Waals surface area (Å²) in [7, 11) is -4.00. The Morgan fingerprint density at radius 3 is 2.11 bits per heavy atom. The van der Waals surface area contributed by atoms with Crippen molar-refractivity contribution in [2.45, 2.75) is 24.9 Å². The Hall–Kier alpha value is -2.64. The Morgan fingerprint density at radius 2 is 1.46 bits per heavy atom. The second kappa shape index (κ2) is 8.16. The Kier molecular flexibility index (Phi) is 5.86. The molecule has 0 amide bonds. The lowest BCUT2D eigenvalue weighted by Gasteiger charge is -2.23. The van der Waals surface area contributed by atoms with Crippen molar-refractivity contribution >= 4 is 10.0 Å². The van der Waals surface area contributed by atoms with Crippen LogP contribution in [0.5, 0.6) is 0 Å². The molecule has 0 radical (unpaired) electrons. The van der Waals surface area contributed by atoms with Gasteiger partial charge in [-0.05, 0) is 42.8 Å². The van der Waals surface area contributed by atoms with Crippen molar-refractivity contribution in [3.8, 4) is 0 Å². The van der Waals surface area contributed by atoms with Gasteiger partial charge in [-0.2, -0.15) is 4.31 Å². The number of benzene rings is 3. The molecule has 3 aromatic rings. The molecule has 0 bridgehead atoms. The summed E-state index contributed by atoms with van der Waals surface area (Å²) in [5.74, 6) is -2.59. The first kappa shape index (κ1) is 20.1. The van der Waals surface area contributed by atoms with Gasteiger partial charge < -0.3 is 0 Å². The van der Waals surface area contributed by atoms with Crippen molar-refractivity contribution in [2.75, 3.05) is 0 Å². The zero-order chi connectivity index (χ0) is 20.3. The zero-order valence-electron chi connectivity index (χ0n) is 15.1. The monoisotopic (exact) mass is 405 g/mol. The fourth-order valence-corrected chi connectivity index (χ4v) is 4.15. The summed E-state index contributed by atoms with van der Waals surface area (Å²) in [5, 5.41) is 0. The van der Waals surface area contributed by atoms with Crippen LogP contribution in [-0.2, 0) is 23.1 Å². The Balaban J connectivity index is 2.01. The van der Waals surface area contributed by atoms with Crippen molar-refractivity contribution < 1.29 is 21.6 Å². The van der Waals surface area contributed by atoms with E-state index in [1.165, 1.54) is 48.5 Å². The molecule has 7 heteroatoms. The predicted molar refractivity (Wildman–Crippen MR) is 100 cm³/mol. The Labute approximate surface area is 162 Å². The second-order valence-electron chi connectivity index (χ2n) is 6.43. The maximum Gasteiger partial charge on any atom is 0.243 e. The van der Waals surface area contributed by atoms with Gasteiger partial charge in [-0.25, -0.2) is 21.6 Å². The first-order valence-corrected chi connectivity index (χ1v) is 9.95. The van der Waals surface area contributed by atoms with E-state index >= 15 is 0 Å². The highest BCUT2D eigenvalue weighted by Gasteiger charge is 2.26. The predicted octanol–water partition coefficient (Wildman–Crippen LogP) is 4.80. The van der Waals surface area contributed by atoms with Gasteiger partial charge in [-0.3, -0.25) is 0 Å². The van der Waals surface area contributed by atoms with Crippen molar-refractivity contribution in [2.24, 2.45) is 0 Å². The minimum atomic E-state index is -4.00. The fourth-order valence-electron chi connectivity index (χ4n) is 2.74. The van der Waals surface area contributed by atoms with Gasteiger partial charge in [0, 0.05) is 18.7 Å². The lowest BCUT2D eigenvalue weighted by Crippen LogP contribution is -2.30. The lowest BCUT2D eigenvalue weighted by molar-refractivity contribution is 0.388. The molecule has 0 fully saturated rings. The largest absolute Gasteiger partial charge is 0.243 e. The van der Waals surface area contributed by atoms with Gasteiger partial charge in [-0.15, -0.1) is 0 Å². The van der Waals surface area contributed by atoms with E-state index in [1.54, 1.807) is 12.1 Å². The smallest absolute Gasteiger partial charge is 0.207 e. The van der Waals surface area contributed by atoms with Gasteiger partial charge in [0.05, 0.1) is 4.90 Å². The van der Waals surface area contributed by atoms with E-state index in [-0.39, 0.29) is 23.5 Å². The number of aryl methyl sites for hydroxylation is 1. The molecule has 0 spiro atoms. The summed E-state index contributed by atoms with van der Waals surface area (Å²) in [6.07, 6.45) is 0. The van der Waals surface area contributed by atoms with Crippen LogP contribution >= 0.6 is 0 Å². The summed E-state index contributed by atoms with van der Waals surface area (Å²) in [4.78, 5) is 0.0389. The van der Waals surface area contributed by atoms with E-state index in [1.807, 2.05) is 6.92 Å². The third-order valence-corrected chi connectivity index (χ3v) is 6.12. The first-order valence-electron chi connectivity index (χ1n) is 8.51. The van der Waals surface area contributed by atoms with Crippen LogP contribution in [0.1, 0.15) is 16.7 Å². The number of hydrogen-bond donors (Lipinski definition) is 0. The van der Waals surface area contributed by atoms with E-state index < -0.39 is 27.5 Å². The topological polar surface area (TPSA) is 37.4 Å². The van der Waals surface area contributed by atoms with Crippen molar-refractivity contribution in [3.63, 3.8) is 0 Å². The number of hydrogen-bond acceptors (Lipinski definition) is 2. The molecule has 0 saturated carbocycles. The maximum absolute atomic E-state index is 14.2. The van der Waals surface area contributed by atoms with Crippen LogP contribution in [-0.4, -0.2) is 12.7 Å². The molecule has 3 nitrogen and oxygen atoms in total. The second-order valence-corrected chi connectivity index (χ2v) is 8.36. The minimum Gasteiger partial charge on any atom is -0.207 e. The molecule has 0 atom stereocenters. The molecule has 0 N–H and O–H groups in total. The minimum absolute atomic E-state index is 0.0389. The fraction of sp³-hybridized carbons (Fsp3) is 0.143. The standard InChI is InChI=1S/C21H18F3NO2S/c1-15-5-11-19(12-6-15)28(26,27)25(13-16-7-9-18(22)10-8-16)14-17-3-2-4-20(23)21(17)24/h2-12H,13-14H2,1H3. The molecule has 146 valence electrons. The van der Waals surface area contributed by atoms with Gasteiger partial charge in [0.2, 0.25) is 10.0 Å². The third-order valence-electron chi connectivity index (χ3n) is 4.31. The molecule has 0 saturated heterocycles. The lowest BCUT2D eigenvalue weighted by atomic mass is 10.2. The summed E-state index contributed by atoms with van der Waals surface area (Å²) >= 11 is 0. The van der Waals surface area contributed by atoms with E-state index in [2.05, 4.69) is 0 Å². The van der Waals surface area contributed by atoms with Gasteiger partial charge in [-0.1, -0.05) is 42.0 Å². The molecule has 0 aliphatic rings. The third kappa shape index (κ3) is 4.43. The molecule has 3 rings (SSSR count). The van der Waals surface area contributed by atoms with Crippen molar-refractivity contribution in [3.05, 3.63) is 101 Å². The average Bonchev–Trinajstić information content (AvgIpc) is 2.66. The molecule has 3 aromatic carbocycles. The highest BCUT2D eigenvalue weighted by atomic mass is 32.2. The molecule has 0 aliphatic carbocycles. The van der Waals surface area contributed by atoms with Gasteiger partial charge in [0.15, 0.2) is 11.6 Å². The first-order chi connectivity index (χ1) is 13.3. The van der Waals surface area contributed by atoms with Crippen LogP contribution in [0.25, 0.3) is 0 Å². The molecular weight excluding hydrogens is 387 g/mol. The quantitative estimate of drug-likeness (QED) is 0.591. The van der Waals surface area contributed by atoms with Crippen molar-refractivity contribution in [1.29, 1.82) is 0 Å². The Bertz CT molecular complexity index is 1070. The highest BCUT2D eigenvalue weighted by Crippen LogP contribution is 2.23. The summed E-state index contributed by atoms with van der Waals surface area (Å²) < 4.78 is 68.3. The summed E-state index contributed by atoms with van der Waals surface area (Å²) in [6.45, 7) is 1.35.